The molecule has 0 saturated heterocycles. The number of thioether (sulfide) groups is 1. The normalized spacial score (nSPS) is 12.1. The lowest BCUT2D eigenvalue weighted by atomic mass is 10.0. The van der Waals surface area contributed by atoms with Crippen molar-refractivity contribution in [1.29, 1.82) is 0 Å². The fourth-order valence-electron chi connectivity index (χ4n) is 1.44. The summed E-state index contributed by atoms with van der Waals surface area (Å²) < 4.78 is 0. The fourth-order valence-corrected chi connectivity index (χ4v) is 2.33. The minimum Gasteiger partial charge on any atom is -0.286 e. The first-order valence-electron chi connectivity index (χ1n) is 5.67. The maximum atomic E-state index is 11.9. The number of benzene rings is 1. The zero-order valence-electron chi connectivity index (χ0n) is 9.69. The van der Waals surface area contributed by atoms with E-state index in [0.29, 0.717) is 0 Å². The molecule has 86 valence electrons. The Kier molecular flexibility index (Phi) is 5.94. The molecule has 1 rings (SSSR count). The summed E-state index contributed by atoms with van der Waals surface area (Å²) >= 11 is 1.32. The zero-order valence-corrected chi connectivity index (χ0v) is 10.5. The van der Waals surface area contributed by atoms with E-state index in [4.69, 9.17) is 0 Å². The molecular formula is C14H18OS. The number of carbonyl (C=O) groups excluding carboxylic acids is 1. The van der Waals surface area contributed by atoms with E-state index >= 15 is 0 Å². The highest BCUT2D eigenvalue weighted by atomic mass is 32.2. The number of carbonyl (C=O) groups is 1. The zero-order chi connectivity index (χ0) is 11.8. The Hall–Kier alpha value is -1.02. The number of unbranched alkanes of at least 4 members (excludes halogenated alkanes) is 1. The first kappa shape index (κ1) is 13.0. The van der Waals surface area contributed by atoms with Gasteiger partial charge in [0.2, 0.25) is 5.12 Å². The minimum atomic E-state index is -0.00911. The van der Waals surface area contributed by atoms with Crippen molar-refractivity contribution < 1.29 is 4.79 Å². The Morgan fingerprint density at radius 3 is 2.69 bits per heavy atom. The van der Waals surface area contributed by atoms with Gasteiger partial charge < -0.3 is 0 Å². The second-order valence-corrected chi connectivity index (χ2v) is 4.80. The first-order chi connectivity index (χ1) is 7.77. The molecule has 0 heterocycles. The van der Waals surface area contributed by atoms with Crippen molar-refractivity contribution in [1.82, 2.24) is 0 Å². The summed E-state index contributed by atoms with van der Waals surface area (Å²) in [4.78, 5) is 13.0. The molecule has 0 radical (unpaired) electrons. The van der Waals surface area contributed by atoms with E-state index in [0.717, 1.165) is 24.2 Å². The van der Waals surface area contributed by atoms with Gasteiger partial charge in [0.25, 0.3) is 0 Å². The predicted octanol–water partition coefficient (Wildman–Crippen LogP) is 4.30. The quantitative estimate of drug-likeness (QED) is 0.539. The molecule has 1 nitrogen and oxygen atoms in total. The third-order valence-corrected chi connectivity index (χ3v) is 3.43. The van der Waals surface area contributed by atoms with Crippen LogP contribution in [0.25, 0.3) is 0 Å². The van der Waals surface area contributed by atoms with Crippen molar-refractivity contribution in [2.75, 3.05) is 0 Å². The number of hydrogen-bond donors (Lipinski definition) is 0. The summed E-state index contributed by atoms with van der Waals surface area (Å²) in [5.74, 6) is -0.00911. The molecule has 0 spiro atoms. The second-order valence-electron chi connectivity index (χ2n) is 3.72. The summed E-state index contributed by atoms with van der Waals surface area (Å²) in [6.07, 6.45) is 4.89. The van der Waals surface area contributed by atoms with Crippen LogP contribution in [-0.2, 0) is 4.79 Å². The highest BCUT2D eigenvalue weighted by Crippen LogP contribution is 2.25. The molecule has 1 aromatic rings. The molecule has 0 aromatic heterocycles. The lowest BCUT2D eigenvalue weighted by molar-refractivity contribution is -0.113. The van der Waals surface area contributed by atoms with Gasteiger partial charge in [-0.05, 0) is 18.6 Å². The van der Waals surface area contributed by atoms with Crippen LogP contribution < -0.4 is 0 Å². The highest BCUT2D eigenvalue weighted by Gasteiger charge is 2.15. The fraction of sp³-hybridized carbons (Fsp3) is 0.357. The highest BCUT2D eigenvalue weighted by molar-refractivity contribution is 8.13. The average molecular weight is 234 g/mol. The molecule has 0 aliphatic heterocycles. The summed E-state index contributed by atoms with van der Waals surface area (Å²) in [7, 11) is 0. The van der Waals surface area contributed by atoms with Crippen molar-refractivity contribution >= 4 is 16.9 Å². The summed E-state index contributed by atoms with van der Waals surface area (Å²) in [6, 6.07) is 9.77. The lowest BCUT2D eigenvalue weighted by Gasteiger charge is -2.09. The molecule has 1 unspecified atom stereocenters. The molecule has 1 aromatic carbocycles. The van der Waals surface area contributed by atoms with Gasteiger partial charge in [-0.2, -0.15) is 0 Å². The maximum absolute atomic E-state index is 11.9. The van der Waals surface area contributed by atoms with Crippen LogP contribution in [0.5, 0.6) is 0 Å². The van der Waals surface area contributed by atoms with E-state index in [1.54, 1.807) is 6.08 Å². The number of allylic oxidation sites excluding steroid dienone is 1. The Bertz CT molecular complexity index is 332. The van der Waals surface area contributed by atoms with Gasteiger partial charge in [-0.3, -0.25) is 4.79 Å². The standard InChI is InChI=1S/C14H18OS/c1-3-5-9-12(4-2)14(15)16-13-10-7-6-8-11-13/h4,6-8,10-12H,2-3,5,9H2,1H3. The third kappa shape index (κ3) is 4.23. The Morgan fingerprint density at radius 1 is 1.44 bits per heavy atom. The number of hydrogen-bond acceptors (Lipinski definition) is 2. The largest absolute Gasteiger partial charge is 0.286 e. The molecule has 0 aliphatic carbocycles. The van der Waals surface area contributed by atoms with Gasteiger partial charge in [-0.25, -0.2) is 0 Å². The van der Waals surface area contributed by atoms with E-state index in [1.165, 1.54) is 11.8 Å². The van der Waals surface area contributed by atoms with Crippen LogP contribution >= 0.6 is 11.8 Å². The molecule has 2 heteroatoms. The van der Waals surface area contributed by atoms with Crippen molar-refractivity contribution in [2.24, 2.45) is 5.92 Å². The van der Waals surface area contributed by atoms with Gasteiger partial charge in [0, 0.05) is 10.8 Å². The molecule has 1 atom stereocenters. The molecule has 0 aliphatic rings. The minimum absolute atomic E-state index is 0.00911. The van der Waals surface area contributed by atoms with Crippen molar-refractivity contribution in [3.8, 4) is 0 Å². The molecule has 0 N–H and O–H groups in total. The van der Waals surface area contributed by atoms with E-state index < -0.39 is 0 Å². The average Bonchev–Trinajstić information content (AvgIpc) is 2.31. The van der Waals surface area contributed by atoms with E-state index in [2.05, 4.69) is 13.5 Å². The van der Waals surface area contributed by atoms with Gasteiger partial charge in [-0.1, -0.05) is 55.8 Å². The Balaban J connectivity index is 2.53. The summed E-state index contributed by atoms with van der Waals surface area (Å²) in [5.41, 5.74) is 0. The second kappa shape index (κ2) is 7.29. The van der Waals surface area contributed by atoms with Crippen LogP contribution in [0.15, 0.2) is 47.9 Å². The van der Waals surface area contributed by atoms with Crippen molar-refractivity contribution in [2.45, 2.75) is 31.1 Å². The summed E-state index contributed by atoms with van der Waals surface area (Å²) in [5, 5.41) is 0.203. The Morgan fingerprint density at radius 2 is 2.12 bits per heavy atom. The van der Waals surface area contributed by atoms with E-state index in [-0.39, 0.29) is 11.0 Å². The lowest BCUT2D eigenvalue weighted by Crippen LogP contribution is -2.07. The Labute approximate surface area is 102 Å². The monoisotopic (exact) mass is 234 g/mol. The SMILES string of the molecule is C=CC(CCCC)C(=O)Sc1ccccc1. The van der Waals surface area contributed by atoms with Gasteiger partial charge >= 0.3 is 0 Å². The topological polar surface area (TPSA) is 17.1 Å². The smallest absolute Gasteiger partial charge is 0.200 e. The van der Waals surface area contributed by atoms with Crippen LogP contribution in [0.3, 0.4) is 0 Å². The van der Waals surface area contributed by atoms with Gasteiger partial charge in [0.15, 0.2) is 0 Å². The molecule has 16 heavy (non-hydrogen) atoms. The van der Waals surface area contributed by atoms with Crippen molar-refractivity contribution in [3.63, 3.8) is 0 Å². The van der Waals surface area contributed by atoms with E-state index in [1.807, 2.05) is 30.3 Å². The predicted molar refractivity (Wildman–Crippen MR) is 70.5 cm³/mol. The van der Waals surface area contributed by atoms with Crippen LogP contribution in [-0.4, -0.2) is 5.12 Å². The van der Waals surface area contributed by atoms with Gasteiger partial charge in [0.1, 0.15) is 0 Å². The van der Waals surface area contributed by atoms with Crippen LogP contribution in [0.2, 0.25) is 0 Å². The molecule has 0 fully saturated rings. The van der Waals surface area contributed by atoms with Crippen LogP contribution in [0.4, 0.5) is 0 Å². The van der Waals surface area contributed by atoms with E-state index in [9.17, 15) is 4.79 Å². The van der Waals surface area contributed by atoms with Gasteiger partial charge in [-0.15, -0.1) is 6.58 Å². The van der Waals surface area contributed by atoms with Gasteiger partial charge in [0.05, 0.1) is 0 Å². The van der Waals surface area contributed by atoms with Crippen LogP contribution in [0.1, 0.15) is 26.2 Å². The third-order valence-electron chi connectivity index (χ3n) is 2.42. The molecule has 0 amide bonds. The molecule has 0 bridgehead atoms. The maximum Gasteiger partial charge on any atom is 0.200 e. The molecule has 0 saturated carbocycles. The first-order valence-corrected chi connectivity index (χ1v) is 6.49. The number of rotatable bonds is 6. The van der Waals surface area contributed by atoms with Crippen LogP contribution in [0, 0.1) is 5.92 Å². The summed E-state index contributed by atoms with van der Waals surface area (Å²) in [6.45, 7) is 5.88. The molecular weight excluding hydrogens is 216 g/mol. The van der Waals surface area contributed by atoms with Crippen molar-refractivity contribution in [3.05, 3.63) is 43.0 Å².